The highest BCUT2D eigenvalue weighted by atomic mass is 16.3. The average molecular weight is 244 g/mol. The van der Waals surface area contributed by atoms with Crippen LogP contribution in [-0.2, 0) is 4.79 Å². The number of aliphatic hydroxyl groups is 1. The van der Waals surface area contributed by atoms with E-state index in [0.717, 1.165) is 6.42 Å². The lowest BCUT2D eigenvalue weighted by atomic mass is 9.84. The molecule has 0 bridgehead atoms. The van der Waals surface area contributed by atoms with Crippen molar-refractivity contribution >= 4 is 5.91 Å². The maximum absolute atomic E-state index is 12.0. The molecule has 4 N–H and O–H groups in total. The molecular weight excluding hydrogens is 216 g/mol. The molecule has 0 radical (unpaired) electrons. The van der Waals surface area contributed by atoms with Gasteiger partial charge in [0.15, 0.2) is 0 Å². The topological polar surface area (TPSA) is 75.4 Å². The zero-order valence-electron chi connectivity index (χ0n) is 11.8. The van der Waals surface area contributed by atoms with E-state index in [1.54, 1.807) is 0 Å². The standard InChI is InChI=1S/C13H28N2O2/c1-6-9(2)11(14)12(17)15-10(7-8-16)13(3,4)5/h9-11,16H,6-8,14H2,1-5H3,(H,15,17). The molecule has 17 heavy (non-hydrogen) atoms. The van der Waals surface area contributed by atoms with E-state index in [1.165, 1.54) is 0 Å². The Morgan fingerprint density at radius 2 is 1.94 bits per heavy atom. The second-order valence-electron chi connectivity index (χ2n) is 5.85. The molecule has 0 spiro atoms. The second kappa shape index (κ2) is 6.97. The molecule has 1 amide bonds. The van der Waals surface area contributed by atoms with Crippen molar-refractivity contribution in [2.75, 3.05) is 6.61 Å². The van der Waals surface area contributed by atoms with Crippen LogP contribution in [0, 0.1) is 11.3 Å². The number of hydrogen-bond donors (Lipinski definition) is 3. The minimum absolute atomic E-state index is 0.0462. The molecule has 4 nitrogen and oxygen atoms in total. The van der Waals surface area contributed by atoms with Gasteiger partial charge in [0.05, 0.1) is 6.04 Å². The summed E-state index contributed by atoms with van der Waals surface area (Å²) in [6, 6.07) is -0.515. The Labute approximate surface area is 105 Å². The lowest BCUT2D eigenvalue weighted by Gasteiger charge is -2.32. The molecule has 0 aromatic rings. The van der Waals surface area contributed by atoms with Crippen molar-refractivity contribution in [1.29, 1.82) is 0 Å². The summed E-state index contributed by atoms with van der Waals surface area (Å²) in [6.45, 7) is 10.2. The minimum Gasteiger partial charge on any atom is -0.396 e. The summed E-state index contributed by atoms with van der Waals surface area (Å²) in [5, 5.41) is 12.0. The molecule has 0 aromatic carbocycles. The lowest BCUT2D eigenvalue weighted by molar-refractivity contribution is -0.125. The Bertz CT molecular complexity index is 236. The van der Waals surface area contributed by atoms with Crippen LogP contribution in [0.25, 0.3) is 0 Å². The number of amides is 1. The lowest BCUT2D eigenvalue weighted by Crippen LogP contribution is -2.52. The molecule has 4 heteroatoms. The number of carbonyl (C=O) groups is 1. The number of rotatable bonds is 6. The summed E-state index contributed by atoms with van der Waals surface area (Å²) in [7, 11) is 0. The van der Waals surface area contributed by atoms with Crippen LogP contribution in [0.3, 0.4) is 0 Å². The summed E-state index contributed by atoms with van der Waals surface area (Å²) in [6.07, 6.45) is 1.44. The van der Waals surface area contributed by atoms with Crippen LogP contribution in [-0.4, -0.2) is 29.7 Å². The monoisotopic (exact) mass is 244 g/mol. The Hall–Kier alpha value is -0.610. The minimum atomic E-state index is -0.469. The van der Waals surface area contributed by atoms with Gasteiger partial charge in [-0.1, -0.05) is 41.0 Å². The zero-order valence-corrected chi connectivity index (χ0v) is 11.8. The maximum atomic E-state index is 12.0. The van der Waals surface area contributed by atoms with Gasteiger partial charge in [0.1, 0.15) is 0 Å². The maximum Gasteiger partial charge on any atom is 0.237 e. The van der Waals surface area contributed by atoms with E-state index in [0.29, 0.717) is 6.42 Å². The van der Waals surface area contributed by atoms with E-state index in [1.807, 2.05) is 34.6 Å². The molecule has 0 aliphatic carbocycles. The number of carbonyl (C=O) groups excluding carboxylic acids is 1. The fourth-order valence-corrected chi connectivity index (χ4v) is 1.63. The van der Waals surface area contributed by atoms with Crippen molar-refractivity contribution in [3.05, 3.63) is 0 Å². The van der Waals surface area contributed by atoms with E-state index >= 15 is 0 Å². The summed E-state index contributed by atoms with van der Waals surface area (Å²) in [4.78, 5) is 12.0. The van der Waals surface area contributed by atoms with Gasteiger partial charge in [-0.05, 0) is 17.8 Å². The highest BCUT2D eigenvalue weighted by Crippen LogP contribution is 2.22. The number of nitrogens with one attached hydrogen (secondary N) is 1. The smallest absolute Gasteiger partial charge is 0.237 e. The van der Waals surface area contributed by atoms with E-state index in [-0.39, 0.29) is 29.9 Å². The van der Waals surface area contributed by atoms with Gasteiger partial charge in [0.25, 0.3) is 0 Å². The van der Waals surface area contributed by atoms with Crippen LogP contribution in [0.4, 0.5) is 0 Å². The van der Waals surface area contributed by atoms with Crippen molar-refractivity contribution in [1.82, 2.24) is 5.32 Å². The van der Waals surface area contributed by atoms with Gasteiger partial charge < -0.3 is 16.2 Å². The zero-order chi connectivity index (χ0) is 13.6. The Morgan fingerprint density at radius 3 is 2.29 bits per heavy atom. The third kappa shape index (κ3) is 5.50. The van der Waals surface area contributed by atoms with Crippen molar-refractivity contribution in [3.63, 3.8) is 0 Å². The van der Waals surface area contributed by atoms with E-state index in [4.69, 9.17) is 10.8 Å². The predicted molar refractivity (Wildman–Crippen MR) is 70.5 cm³/mol. The molecule has 3 atom stereocenters. The quantitative estimate of drug-likeness (QED) is 0.658. The second-order valence-corrected chi connectivity index (χ2v) is 5.85. The summed E-state index contributed by atoms with van der Waals surface area (Å²) in [5.41, 5.74) is 5.81. The molecule has 0 aliphatic rings. The Kier molecular flexibility index (Phi) is 6.72. The molecule has 0 aliphatic heterocycles. The molecule has 0 heterocycles. The highest BCUT2D eigenvalue weighted by molar-refractivity contribution is 5.82. The summed E-state index contributed by atoms with van der Waals surface area (Å²) < 4.78 is 0. The van der Waals surface area contributed by atoms with Crippen molar-refractivity contribution in [3.8, 4) is 0 Å². The first-order valence-corrected chi connectivity index (χ1v) is 6.40. The fraction of sp³-hybridized carbons (Fsp3) is 0.923. The first-order chi connectivity index (χ1) is 7.73. The fourth-order valence-electron chi connectivity index (χ4n) is 1.63. The summed E-state index contributed by atoms with van der Waals surface area (Å²) in [5.74, 6) is 0.0532. The van der Waals surface area contributed by atoms with Crippen LogP contribution >= 0.6 is 0 Å². The number of hydrogen-bond acceptors (Lipinski definition) is 3. The van der Waals surface area contributed by atoms with Gasteiger partial charge in [-0.3, -0.25) is 4.79 Å². The van der Waals surface area contributed by atoms with Gasteiger partial charge in [-0.15, -0.1) is 0 Å². The van der Waals surface area contributed by atoms with Crippen molar-refractivity contribution in [2.45, 2.75) is 59.5 Å². The highest BCUT2D eigenvalue weighted by Gasteiger charge is 2.28. The van der Waals surface area contributed by atoms with Gasteiger partial charge in [-0.25, -0.2) is 0 Å². The average Bonchev–Trinajstić information content (AvgIpc) is 2.24. The Balaban J connectivity index is 4.51. The van der Waals surface area contributed by atoms with Gasteiger partial charge in [-0.2, -0.15) is 0 Å². The molecule has 0 saturated heterocycles. The molecular formula is C13H28N2O2. The first kappa shape index (κ1) is 16.4. The van der Waals surface area contributed by atoms with Gasteiger partial charge in [0.2, 0.25) is 5.91 Å². The summed E-state index contributed by atoms with van der Waals surface area (Å²) >= 11 is 0. The van der Waals surface area contributed by atoms with Gasteiger partial charge >= 0.3 is 0 Å². The SMILES string of the molecule is CCC(C)C(N)C(=O)NC(CCO)C(C)(C)C. The van der Waals surface area contributed by atoms with Gasteiger partial charge in [0, 0.05) is 12.6 Å². The normalized spacial score (nSPS) is 17.4. The predicted octanol–water partition coefficient (Wildman–Crippen LogP) is 1.27. The molecule has 102 valence electrons. The molecule has 0 fully saturated rings. The van der Waals surface area contributed by atoms with Crippen LogP contribution in [0.5, 0.6) is 0 Å². The molecule has 0 rings (SSSR count). The van der Waals surface area contributed by atoms with E-state index < -0.39 is 6.04 Å². The van der Waals surface area contributed by atoms with Crippen molar-refractivity contribution < 1.29 is 9.90 Å². The number of nitrogens with two attached hydrogens (primary N) is 1. The third-order valence-electron chi connectivity index (χ3n) is 3.34. The molecule has 3 unspecified atom stereocenters. The van der Waals surface area contributed by atoms with E-state index in [2.05, 4.69) is 5.32 Å². The largest absolute Gasteiger partial charge is 0.396 e. The number of aliphatic hydroxyl groups excluding tert-OH is 1. The first-order valence-electron chi connectivity index (χ1n) is 6.40. The molecule has 0 aromatic heterocycles. The third-order valence-corrected chi connectivity index (χ3v) is 3.34. The Morgan fingerprint density at radius 1 is 1.41 bits per heavy atom. The van der Waals surface area contributed by atoms with E-state index in [9.17, 15) is 4.79 Å². The van der Waals surface area contributed by atoms with Crippen LogP contribution in [0.1, 0.15) is 47.5 Å². The van der Waals surface area contributed by atoms with Crippen LogP contribution in [0.2, 0.25) is 0 Å². The van der Waals surface area contributed by atoms with Crippen molar-refractivity contribution in [2.24, 2.45) is 17.1 Å². The van der Waals surface area contributed by atoms with Crippen LogP contribution in [0.15, 0.2) is 0 Å². The van der Waals surface area contributed by atoms with Crippen LogP contribution < -0.4 is 11.1 Å². The molecule has 0 saturated carbocycles.